The summed E-state index contributed by atoms with van der Waals surface area (Å²) < 4.78 is 16.0. The monoisotopic (exact) mass is 379 g/mol. The fraction of sp³-hybridized carbons (Fsp3) is 0.0667. The fourth-order valence-corrected chi connectivity index (χ4v) is 2.50. The zero-order chi connectivity index (χ0) is 13.9. The molecular weight excluding hydrogens is 368 g/mol. The first-order valence-electron chi connectivity index (χ1n) is 6.10. The molecule has 1 heterocycles. The van der Waals surface area contributed by atoms with E-state index < -0.39 is 0 Å². The average Bonchev–Trinajstić information content (AvgIpc) is 2.87. The molecule has 0 amide bonds. The molecule has 5 heteroatoms. The van der Waals surface area contributed by atoms with Crippen LogP contribution in [-0.4, -0.2) is 14.8 Å². The SMILES string of the molecule is Fc1cccc(Cn2cnc(-c3cccc(I)c3)n2)c1. The van der Waals surface area contributed by atoms with Crippen molar-refractivity contribution in [2.45, 2.75) is 6.54 Å². The minimum atomic E-state index is -0.236. The Hall–Kier alpha value is -1.76. The van der Waals surface area contributed by atoms with E-state index in [-0.39, 0.29) is 5.82 Å². The van der Waals surface area contributed by atoms with E-state index in [4.69, 9.17) is 0 Å². The Balaban J connectivity index is 1.84. The molecule has 0 saturated heterocycles. The maximum absolute atomic E-state index is 13.1. The molecule has 0 unspecified atom stereocenters. The summed E-state index contributed by atoms with van der Waals surface area (Å²) in [5, 5.41) is 4.43. The molecule has 20 heavy (non-hydrogen) atoms. The van der Waals surface area contributed by atoms with Crippen LogP contribution in [-0.2, 0) is 6.54 Å². The van der Waals surface area contributed by atoms with Crippen LogP contribution in [0.1, 0.15) is 5.56 Å². The first-order valence-corrected chi connectivity index (χ1v) is 7.18. The van der Waals surface area contributed by atoms with Crippen molar-refractivity contribution in [3.8, 4) is 11.4 Å². The first-order chi connectivity index (χ1) is 9.70. The third-order valence-corrected chi connectivity index (χ3v) is 3.52. The summed E-state index contributed by atoms with van der Waals surface area (Å²) in [6.07, 6.45) is 1.67. The predicted octanol–water partition coefficient (Wildman–Crippen LogP) is 3.74. The minimum absolute atomic E-state index is 0.236. The summed E-state index contributed by atoms with van der Waals surface area (Å²) in [5.74, 6) is 0.445. The van der Waals surface area contributed by atoms with Crippen LogP contribution < -0.4 is 0 Å². The smallest absolute Gasteiger partial charge is 0.181 e. The molecule has 0 fully saturated rings. The number of hydrogen-bond acceptors (Lipinski definition) is 2. The van der Waals surface area contributed by atoms with Gasteiger partial charge in [-0.2, -0.15) is 5.10 Å². The van der Waals surface area contributed by atoms with Crippen LogP contribution in [0, 0.1) is 9.39 Å². The van der Waals surface area contributed by atoms with Crippen molar-refractivity contribution in [3.63, 3.8) is 0 Å². The van der Waals surface area contributed by atoms with Crippen LogP contribution in [0.2, 0.25) is 0 Å². The summed E-state index contributed by atoms with van der Waals surface area (Å²) in [6.45, 7) is 0.509. The lowest BCUT2D eigenvalue weighted by atomic mass is 10.2. The molecule has 3 rings (SSSR count). The van der Waals surface area contributed by atoms with E-state index in [1.165, 1.54) is 12.1 Å². The molecule has 0 bridgehead atoms. The highest BCUT2D eigenvalue weighted by Crippen LogP contribution is 2.17. The zero-order valence-electron chi connectivity index (χ0n) is 10.5. The number of hydrogen-bond donors (Lipinski definition) is 0. The molecular formula is C15H11FIN3. The number of rotatable bonds is 3. The third-order valence-electron chi connectivity index (χ3n) is 2.85. The van der Waals surface area contributed by atoms with E-state index >= 15 is 0 Å². The number of benzene rings is 2. The summed E-state index contributed by atoms with van der Waals surface area (Å²) in [6, 6.07) is 14.5. The van der Waals surface area contributed by atoms with Gasteiger partial charge in [0.15, 0.2) is 5.82 Å². The first kappa shape index (κ1) is 13.2. The van der Waals surface area contributed by atoms with Gasteiger partial charge < -0.3 is 0 Å². The molecule has 3 nitrogen and oxygen atoms in total. The summed E-state index contributed by atoms with van der Waals surface area (Å²) >= 11 is 2.26. The number of aromatic nitrogens is 3. The van der Waals surface area contributed by atoms with Crippen LogP contribution in [0.4, 0.5) is 4.39 Å². The van der Waals surface area contributed by atoms with Crippen LogP contribution in [0.15, 0.2) is 54.9 Å². The number of nitrogens with zero attached hydrogens (tertiary/aromatic N) is 3. The second-order valence-electron chi connectivity index (χ2n) is 4.41. The van der Waals surface area contributed by atoms with E-state index in [1.807, 2.05) is 30.3 Å². The predicted molar refractivity (Wildman–Crippen MR) is 83.7 cm³/mol. The van der Waals surface area contributed by atoms with Crippen molar-refractivity contribution in [1.29, 1.82) is 0 Å². The fourth-order valence-electron chi connectivity index (χ4n) is 1.95. The van der Waals surface area contributed by atoms with Crippen LogP contribution in [0.5, 0.6) is 0 Å². The zero-order valence-corrected chi connectivity index (χ0v) is 12.7. The van der Waals surface area contributed by atoms with Gasteiger partial charge >= 0.3 is 0 Å². The van der Waals surface area contributed by atoms with Gasteiger partial charge in [0.1, 0.15) is 12.1 Å². The molecule has 100 valence electrons. The Morgan fingerprint density at radius 2 is 1.95 bits per heavy atom. The van der Waals surface area contributed by atoms with Gasteiger partial charge in [-0.25, -0.2) is 14.1 Å². The van der Waals surface area contributed by atoms with Crippen molar-refractivity contribution >= 4 is 22.6 Å². The summed E-state index contributed by atoms with van der Waals surface area (Å²) in [5.41, 5.74) is 1.85. The average molecular weight is 379 g/mol. The molecule has 0 radical (unpaired) electrons. The van der Waals surface area contributed by atoms with Crippen molar-refractivity contribution in [1.82, 2.24) is 14.8 Å². The summed E-state index contributed by atoms with van der Waals surface area (Å²) in [7, 11) is 0. The van der Waals surface area contributed by atoms with Crippen molar-refractivity contribution in [2.75, 3.05) is 0 Å². The lowest BCUT2D eigenvalue weighted by Gasteiger charge is -2.01. The van der Waals surface area contributed by atoms with Gasteiger partial charge in [-0.1, -0.05) is 24.3 Å². The molecule has 2 aromatic carbocycles. The minimum Gasteiger partial charge on any atom is -0.248 e. The van der Waals surface area contributed by atoms with Gasteiger partial charge in [-0.05, 0) is 52.4 Å². The van der Waals surface area contributed by atoms with Gasteiger partial charge in [0.05, 0.1) is 6.54 Å². The Bertz CT molecular complexity index is 739. The Morgan fingerprint density at radius 3 is 2.75 bits per heavy atom. The van der Waals surface area contributed by atoms with E-state index in [9.17, 15) is 4.39 Å². The second-order valence-corrected chi connectivity index (χ2v) is 5.65. The molecule has 0 spiro atoms. The topological polar surface area (TPSA) is 30.7 Å². The van der Waals surface area contributed by atoms with Crippen LogP contribution in [0.3, 0.4) is 0 Å². The molecule has 1 aromatic heterocycles. The quantitative estimate of drug-likeness (QED) is 0.650. The maximum atomic E-state index is 13.1. The highest BCUT2D eigenvalue weighted by atomic mass is 127. The second kappa shape index (κ2) is 5.70. The lowest BCUT2D eigenvalue weighted by Crippen LogP contribution is -2.00. The molecule has 0 atom stereocenters. The number of halogens is 2. The van der Waals surface area contributed by atoms with Gasteiger partial charge in [-0.15, -0.1) is 0 Å². The normalized spacial score (nSPS) is 10.7. The van der Waals surface area contributed by atoms with E-state index in [1.54, 1.807) is 17.1 Å². The Labute approximate surface area is 129 Å². The van der Waals surface area contributed by atoms with Crippen LogP contribution in [0.25, 0.3) is 11.4 Å². The molecule has 3 aromatic rings. The third kappa shape index (κ3) is 3.04. The molecule has 0 N–H and O–H groups in total. The van der Waals surface area contributed by atoms with Crippen LogP contribution >= 0.6 is 22.6 Å². The highest BCUT2D eigenvalue weighted by Gasteiger charge is 2.05. The lowest BCUT2D eigenvalue weighted by molar-refractivity contribution is 0.619. The van der Waals surface area contributed by atoms with E-state index in [0.717, 1.165) is 14.7 Å². The van der Waals surface area contributed by atoms with E-state index in [0.29, 0.717) is 12.4 Å². The van der Waals surface area contributed by atoms with Crippen molar-refractivity contribution < 1.29 is 4.39 Å². The molecule has 0 aliphatic rings. The van der Waals surface area contributed by atoms with Gasteiger partial charge in [0.25, 0.3) is 0 Å². The van der Waals surface area contributed by atoms with E-state index in [2.05, 4.69) is 32.7 Å². The highest BCUT2D eigenvalue weighted by molar-refractivity contribution is 14.1. The van der Waals surface area contributed by atoms with Crippen molar-refractivity contribution in [3.05, 3.63) is 69.8 Å². The molecule has 0 aliphatic carbocycles. The Morgan fingerprint density at radius 1 is 1.10 bits per heavy atom. The summed E-state index contributed by atoms with van der Waals surface area (Å²) in [4.78, 5) is 4.30. The Kier molecular flexibility index (Phi) is 3.77. The van der Waals surface area contributed by atoms with Gasteiger partial charge in [0, 0.05) is 9.13 Å². The molecule has 0 aliphatic heterocycles. The van der Waals surface area contributed by atoms with Gasteiger partial charge in [0.2, 0.25) is 0 Å². The molecule has 0 saturated carbocycles. The van der Waals surface area contributed by atoms with Crippen molar-refractivity contribution in [2.24, 2.45) is 0 Å². The largest absolute Gasteiger partial charge is 0.248 e. The standard InChI is InChI=1S/C15H11FIN3/c16-13-5-1-3-11(7-13)9-20-10-18-15(19-20)12-4-2-6-14(17)8-12/h1-8,10H,9H2. The maximum Gasteiger partial charge on any atom is 0.181 e. The van der Waals surface area contributed by atoms with Gasteiger partial charge in [-0.3, -0.25) is 0 Å².